The summed E-state index contributed by atoms with van der Waals surface area (Å²) in [6.45, 7) is 1.54. The quantitative estimate of drug-likeness (QED) is 0.579. The van der Waals surface area contributed by atoms with Crippen molar-refractivity contribution in [3.8, 4) is 5.75 Å². The van der Waals surface area contributed by atoms with Crippen molar-refractivity contribution in [3.63, 3.8) is 0 Å². The second kappa shape index (κ2) is 6.30. The van der Waals surface area contributed by atoms with Crippen molar-refractivity contribution in [1.82, 2.24) is 0 Å². The molecule has 0 heterocycles. The molecule has 0 aromatic heterocycles. The Morgan fingerprint density at radius 1 is 1.20 bits per heavy atom. The first-order valence-electron chi connectivity index (χ1n) is 5.89. The van der Waals surface area contributed by atoms with Gasteiger partial charge in [0.15, 0.2) is 6.10 Å². The number of hydrogen-bond acceptors (Lipinski definition) is 2. The van der Waals surface area contributed by atoms with E-state index in [2.05, 4.69) is 22.6 Å². The number of Topliss-reactive ketones (excluding diaryl/α,β-unsaturated/α-hetero) is 1. The van der Waals surface area contributed by atoms with Gasteiger partial charge in [-0.1, -0.05) is 12.1 Å². The average Bonchev–Trinajstić information content (AvgIpc) is 2.40. The largest absolute Gasteiger partial charge is 0.481 e. The molecule has 2 nitrogen and oxygen atoms in total. The Morgan fingerprint density at radius 3 is 2.55 bits per heavy atom. The minimum Gasteiger partial charge on any atom is -0.481 e. The predicted octanol–water partition coefficient (Wildman–Crippen LogP) is 4.22. The first-order chi connectivity index (χ1) is 9.49. The van der Waals surface area contributed by atoms with E-state index >= 15 is 0 Å². The lowest BCUT2D eigenvalue weighted by molar-refractivity contribution is 0.0812. The van der Waals surface area contributed by atoms with Gasteiger partial charge in [-0.05, 0) is 53.8 Å². The average molecular weight is 388 g/mol. The van der Waals surface area contributed by atoms with Gasteiger partial charge < -0.3 is 4.74 Å². The summed E-state index contributed by atoms with van der Waals surface area (Å²) in [4.78, 5) is 12.1. The molecule has 104 valence electrons. The molecule has 0 aliphatic carbocycles. The molecule has 0 aliphatic heterocycles. The molecule has 0 amide bonds. The summed E-state index contributed by atoms with van der Waals surface area (Å²) < 4.78 is 32.8. The van der Waals surface area contributed by atoms with Crippen molar-refractivity contribution in [2.75, 3.05) is 0 Å². The lowest BCUT2D eigenvalue weighted by Crippen LogP contribution is -2.25. The molecule has 2 aromatic carbocycles. The molecule has 0 radical (unpaired) electrons. The lowest BCUT2D eigenvalue weighted by Gasteiger charge is -2.15. The fourth-order valence-electron chi connectivity index (χ4n) is 1.69. The molecule has 0 spiro atoms. The van der Waals surface area contributed by atoms with Crippen molar-refractivity contribution in [3.05, 3.63) is 63.2 Å². The topological polar surface area (TPSA) is 26.3 Å². The van der Waals surface area contributed by atoms with E-state index in [4.69, 9.17) is 4.74 Å². The van der Waals surface area contributed by atoms with Crippen LogP contribution in [0.5, 0.6) is 5.75 Å². The van der Waals surface area contributed by atoms with Gasteiger partial charge in [-0.2, -0.15) is 0 Å². The number of para-hydroxylation sites is 1. The van der Waals surface area contributed by atoms with Crippen LogP contribution in [0.1, 0.15) is 17.3 Å². The van der Waals surface area contributed by atoms with Crippen LogP contribution in [0.3, 0.4) is 0 Å². The maximum absolute atomic E-state index is 13.6. The van der Waals surface area contributed by atoms with Gasteiger partial charge in [0.1, 0.15) is 17.4 Å². The van der Waals surface area contributed by atoms with Gasteiger partial charge in [-0.25, -0.2) is 8.78 Å². The maximum atomic E-state index is 13.6. The second-order valence-electron chi connectivity index (χ2n) is 4.18. The Labute approximate surface area is 128 Å². The summed E-state index contributed by atoms with van der Waals surface area (Å²) >= 11 is 2.08. The van der Waals surface area contributed by atoms with E-state index in [1.165, 1.54) is 6.92 Å². The molecule has 20 heavy (non-hydrogen) atoms. The van der Waals surface area contributed by atoms with Crippen molar-refractivity contribution >= 4 is 28.4 Å². The van der Waals surface area contributed by atoms with Gasteiger partial charge in [0.05, 0.1) is 9.13 Å². The van der Waals surface area contributed by atoms with Crippen LogP contribution in [0.4, 0.5) is 8.78 Å². The molecule has 5 heteroatoms. The summed E-state index contributed by atoms with van der Waals surface area (Å²) in [7, 11) is 0. The SMILES string of the molecule is CC(Oc1ccccc1I)C(=O)c1ccc(F)cc1F. The predicted molar refractivity (Wildman–Crippen MR) is 79.9 cm³/mol. The highest BCUT2D eigenvalue weighted by molar-refractivity contribution is 14.1. The van der Waals surface area contributed by atoms with Crippen molar-refractivity contribution in [2.24, 2.45) is 0 Å². The standard InChI is InChI=1S/C15H11F2IO2/c1-9(20-14-5-3-2-4-13(14)18)15(19)11-7-6-10(16)8-12(11)17/h2-9H,1H3. The summed E-state index contributed by atoms with van der Waals surface area (Å²) in [6, 6.07) is 10.1. The summed E-state index contributed by atoms with van der Waals surface area (Å²) in [5, 5.41) is 0. The van der Waals surface area contributed by atoms with E-state index < -0.39 is 23.5 Å². The molecule has 2 aromatic rings. The Balaban J connectivity index is 2.19. The third-order valence-corrected chi connectivity index (χ3v) is 3.60. The third kappa shape index (κ3) is 3.33. The van der Waals surface area contributed by atoms with Crippen molar-refractivity contribution < 1.29 is 18.3 Å². The normalized spacial score (nSPS) is 12.0. The Morgan fingerprint density at radius 2 is 1.90 bits per heavy atom. The Hall–Kier alpha value is -1.50. The minimum absolute atomic E-state index is 0.176. The highest BCUT2D eigenvalue weighted by Gasteiger charge is 2.21. The van der Waals surface area contributed by atoms with E-state index in [1.54, 1.807) is 12.1 Å². The fraction of sp³-hybridized carbons (Fsp3) is 0.133. The first kappa shape index (κ1) is 14.9. The summed E-state index contributed by atoms with van der Waals surface area (Å²) in [6.07, 6.45) is -0.856. The zero-order chi connectivity index (χ0) is 14.7. The number of ketones is 1. The lowest BCUT2D eigenvalue weighted by atomic mass is 10.1. The van der Waals surface area contributed by atoms with Gasteiger partial charge in [0.2, 0.25) is 5.78 Å². The zero-order valence-electron chi connectivity index (χ0n) is 10.6. The maximum Gasteiger partial charge on any atom is 0.205 e. The molecule has 0 fully saturated rings. The van der Waals surface area contributed by atoms with Gasteiger partial charge >= 0.3 is 0 Å². The summed E-state index contributed by atoms with van der Waals surface area (Å²) in [5.74, 6) is -1.57. The van der Waals surface area contributed by atoms with Gasteiger partial charge in [-0.15, -0.1) is 0 Å². The molecule has 0 saturated carbocycles. The Kier molecular flexibility index (Phi) is 4.69. The van der Waals surface area contributed by atoms with Gasteiger partial charge in [0, 0.05) is 6.07 Å². The monoisotopic (exact) mass is 388 g/mol. The van der Waals surface area contributed by atoms with E-state index in [9.17, 15) is 13.6 Å². The van der Waals surface area contributed by atoms with Crippen molar-refractivity contribution in [1.29, 1.82) is 0 Å². The van der Waals surface area contributed by atoms with Crippen LogP contribution in [0.25, 0.3) is 0 Å². The van der Waals surface area contributed by atoms with Crippen LogP contribution in [-0.2, 0) is 0 Å². The molecule has 1 unspecified atom stereocenters. The minimum atomic E-state index is -0.881. The van der Waals surface area contributed by atoms with Crippen LogP contribution >= 0.6 is 22.6 Å². The number of carbonyl (C=O) groups excluding carboxylic acids is 1. The fourth-order valence-corrected chi connectivity index (χ4v) is 2.21. The number of benzene rings is 2. The van der Waals surface area contributed by atoms with Crippen LogP contribution < -0.4 is 4.74 Å². The van der Waals surface area contributed by atoms with E-state index in [-0.39, 0.29) is 5.56 Å². The highest BCUT2D eigenvalue weighted by Crippen LogP contribution is 2.22. The van der Waals surface area contributed by atoms with Crippen LogP contribution in [0, 0.1) is 15.2 Å². The molecule has 0 bridgehead atoms. The first-order valence-corrected chi connectivity index (χ1v) is 6.97. The van der Waals surface area contributed by atoms with Crippen LogP contribution in [-0.4, -0.2) is 11.9 Å². The highest BCUT2D eigenvalue weighted by atomic mass is 127. The third-order valence-electron chi connectivity index (χ3n) is 2.71. The van der Waals surface area contributed by atoms with E-state index in [0.717, 1.165) is 15.7 Å². The van der Waals surface area contributed by atoms with Crippen LogP contribution in [0.15, 0.2) is 42.5 Å². The van der Waals surface area contributed by atoms with E-state index in [0.29, 0.717) is 11.8 Å². The van der Waals surface area contributed by atoms with Crippen molar-refractivity contribution in [2.45, 2.75) is 13.0 Å². The van der Waals surface area contributed by atoms with E-state index in [1.807, 2.05) is 12.1 Å². The van der Waals surface area contributed by atoms with Crippen LogP contribution in [0.2, 0.25) is 0 Å². The smallest absolute Gasteiger partial charge is 0.205 e. The molecular weight excluding hydrogens is 377 g/mol. The molecule has 1 atom stereocenters. The molecule has 0 saturated heterocycles. The Bertz CT molecular complexity index is 644. The molecule has 0 N–H and O–H groups in total. The number of ether oxygens (including phenoxy) is 1. The second-order valence-corrected chi connectivity index (χ2v) is 5.34. The zero-order valence-corrected chi connectivity index (χ0v) is 12.7. The number of halogens is 3. The summed E-state index contributed by atoms with van der Waals surface area (Å²) in [5.41, 5.74) is -0.176. The van der Waals surface area contributed by atoms with Gasteiger partial charge in [0.25, 0.3) is 0 Å². The molecule has 0 aliphatic rings. The number of rotatable bonds is 4. The van der Waals surface area contributed by atoms with Gasteiger partial charge in [-0.3, -0.25) is 4.79 Å². The number of carbonyl (C=O) groups is 1. The molecular formula is C15H11F2IO2. The molecule has 2 rings (SSSR count). The number of hydrogen-bond donors (Lipinski definition) is 0.